The number of hydrogen-bond donors (Lipinski definition) is 3. The molecule has 12 nitrogen and oxygen atoms in total. The molecule has 3 N–H and O–H groups in total. The van der Waals surface area contributed by atoms with Crippen molar-refractivity contribution >= 4 is 30.0 Å². The summed E-state index contributed by atoms with van der Waals surface area (Å²) in [6.45, 7) is 5.64. The number of carbonyl (C=O) groups is 5. The third-order valence-corrected chi connectivity index (χ3v) is 9.18. The number of nitrogens with zero attached hydrogens (tertiary/aromatic N) is 1. The fourth-order valence-corrected chi connectivity index (χ4v) is 7.10. The second-order valence-electron chi connectivity index (χ2n) is 12.1. The summed E-state index contributed by atoms with van der Waals surface area (Å²) in [5.74, 6) is -1.32. The van der Waals surface area contributed by atoms with Gasteiger partial charge >= 0.3 is 11.9 Å². The number of aliphatic hydroxyl groups is 1. The van der Waals surface area contributed by atoms with Crippen LogP contribution in [-0.2, 0) is 40.5 Å². The van der Waals surface area contributed by atoms with Crippen LogP contribution < -0.4 is 15.4 Å². The van der Waals surface area contributed by atoms with E-state index in [0.29, 0.717) is 36.5 Å². The molecule has 0 radical (unpaired) electrons. The highest BCUT2D eigenvalue weighted by molar-refractivity contribution is 5.84. The largest absolute Gasteiger partial charge is 0.480 e. The first-order valence-corrected chi connectivity index (χ1v) is 14.8. The molecule has 12 heteroatoms. The van der Waals surface area contributed by atoms with Gasteiger partial charge in [-0.2, -0.15) is 0 Å². The number of hydrogen-bond acceptors (Lipinski definition) is 10. The van der Waals surface area contributed by atoms with Gasteiger partial charge in [0.05, 0.1) is 29.9 Å². The Morgan fingerprint density at radius 1 is 1.12 bits per heavy atom. The van der Waals surface area contributed by atoms with Crippen molar-refractivity contribution in [3.8, 4) is 5.75 Å². The molecule has 4 aliphatic rings. The number of esters is 2. The van der Waals surface area contributed by atoms with Gasteiger partial charge in [0, 0.05) is 31.0 Å². The molecule has 0 saturated carbocycles. The van der Waals surface area contributed by atoms with Crippen molar-refractivity contribution in [2.45, 2.75) is 82.1 Å². The summed E-state index contributed by atoms with van der Waals surface area (Å²) in [4.78, 5) is 64.3. The maximum Gasteiger partial charge on any atom is 0.312 e. The van der Waals surface area contributed by atoms with Crippen LogP contribution in [0.3, 0.4) is 0 Å². The molecule has 2 heterocycles. The maximum absolute atomic E-state index is 13.4. The van der Waals surface area contributed by atoms with E-state index in [1.54, 1.807) is 26.0 Å². The van der Waals surface area contributed by atoms with Crippen LogP contribution in [0.25, 0.3) is 0 Å². The molecule has 2 bridgehead atoms. The minimum atomic E-state index is -1.20. The van der Waals surface area contributed by atoms with Crippen molar-refractivity contribution in [3.63, 3.8) is 0 Å². The minimum absolute atomic E-state index is 0.00470. The van der Waals surface area contributed by atoms with E-state index in [2.05, 4.69) is 15.5 Å². The number of likely N-dealkylation sites (N-methyl/N-ethyl adjacent to an activating group) is 1. The third-order valence-electron chi connectivity index (χ3n) is 9.18. The predicted molar refractivity (Wildman–Crippen MR) is 152 cm³/mol. The molecule has 1 aromatic carbocycles. The molecule has 2 aliphatic heterocycles. The van der Waals surface area contributed by atoms with Gasteiger partial charge in [0.25, 0.3) is 0 Å². The number of ether oxygens (including phenoxy) is 3. The molecule has 0 unspecified atom stereocenters. The molecule has 2 amide bonds. The average molecular weight is 598 g/mol. The first-order valence-electron chi connectivity index (χ1n) is 14.8. The van der Waals surface area contributed by atoms with Crippen molar-refractivity contribution in [1.29, 1.82) is 0 Å². The van der Waals surface area contributed by atoms with Crippen LogP contribution in [0.1, 0.15) is 67.9 Å². The number of carbonyl (C=O) groups excluding carboxylic acids is 5. The fraction of sp³-hybridized carbons (Fsp3) is 0.581. The monoisotopic (exact) mass is 597 g/mol. The SMILES string of the molecule is CC(C)C(=O)NCCC(=O)OC1=CC[C@@]2(OC(=O)CCNC(=O)[C@H](C)O)[C@H]3Cc4ccc(C=O)c5c4[C@@]2(CCN3C)[C@H]1O5. The van der Waals surface area contributed by atoms with Crippen LogP contribution in [0.2, 0.25) is 0 Å². The summed E-state index contributed by atoms with van der Waals surface area (Å²) in [7, 11) is 1.98. The molecule has 232 valence electrons. The number of benzene rings is 1. The third kappa shape index (κ3) is 5.10. The van der Waals surface area contributed by atoms with E-state index in [1.165, 1.54) is 6.92 Å². The van der Waals surface area contributed by atoms with Crippen molar-refractivity contribution in [1.82, 2.24) is 15.5 Å². The quantitative estimate of drug-likeness (QED) is 0.247. The van der Waals surface area contributed by atoms with Crippen LogP contribution in [0.5, 0.6) is 5.75 Å². The smallest absolute Gasteiger partial charge is 0.312 e. The van der Waals surface area contributed by atoms with E-state index in [-0.39, 0.29) is 50.2 Å². The lowest BCUT2D eigenvalue weighted by Crippen LogP contribution is -2.75. The van der Waals surface area contributed by atoms with Gasteiger partial charge in [-0.25, -0.2) is 0 Å². The van der Waals surface area contributed by atoms with E-state index >= 15 is 0 Å². The second-order valence-corrected chi connectivity index (χ2v) is 12.1. The summed E-state index contributed by atoms with van der Waals surface area (Å²) in [5, 5.41) is 14.7. The maximum atomic E-state index is 13.4. The van der Waals surface area contributed by atoms with Gasteiger partial charge in [0.2, 0.25) is 11.8 Å². The zero-order valence-electron chi connectivity index (χ0n) is 24.9. The zero-order chi connectivity index (χ0) is 31.1. The van der Waals surface area contributed by atoms with Gasteiger partial charge in [0.1, 0.15) is 23.2 Å². The number of aliphatic hydroxyl groups excluding tert-OH is 1. The van der Waals surface area contributed by atoms with Crippen LogP contribution >= 0.6 is 0 Å². The number of nitrogens with one attached hydrogen (secondary N) is 2. The molecule has 5 atom stereocenters. The zero-order valence-corrected chi connectivity index (χ0v) is 24.9. The number of likely N-dealkylation sites (tertiary alicyclic amines) is 1. The van der Waals surface area contributed by atoms with Crippen molar-refractivity contribution < 1.29 is 43.3 Å². The Hall–Kier alpha value is -3.77. The highest BCUT2D eigenvalue weighted by atomic mass is 16.6. The summed E-state index contributed by atoms with van der Waals surface area (Å²) >= 11 is 0. The molecule has 1 fully saturated rings. The highest BCUT2D eigenvalue weighted by Gasteiger charge is 2.74. The van der Waals surface area contributed by atoms with Crippen LogP contribution in [0.4, 0.5) is 0 Å². The first-order chi connectivity index (χ1) is 20.4. The summed E-state index contributed by atoms with van der Waals surface area (Å²) < 4.78 is 18.9. The molecule has 1 spiro atoms. The standard InChI is InChI=1S/C31H39N3O9/c1-17(2)28(39)32-12-8-23(37)41-21-7-10-31(43-24(38)9-13-33-29(40)18(3)36)22-15-19-5-6-20(16-35)26-25(19)30(31,27(21)42-26)11-14-34(22)4/h5-7,16-18,22,27,36H,8-15H2,1-4H3,(H,32,39)(H,33,40)/t18-,22+,27-,30-,31+/m0/s1. The number of rotatable bonds is 11. The summed E-state index contributed by atoms with van der Waals surface area (Å²) in [6.07, 6.45) is 1.59. The van der Waals surface area contributed by atoms with Gasteiger partial charge < -0.3 is 30.0 Å². The Bertz CT molecular complexity index is 1370. The molecular weight excluding hydrogens is 558 g/mol. The lowest BCUT2D eigenvalue weighted by molar-refractivity contribution is -0.206. The van der Waals surface area contributed by atoms with E-state index in [1.807, 2.05) is 13.1 Å². The van der Waals surface area contributed by atoms with Gasteiger partial charge in [-0.05, 0) is 51.1 Å². The Morgan fingerprint density at radius 3 is 2.49 bits per heavy atom. The molecule has 1 saturated heterocycles. The summed E-state index contributed by atoms with van der Waals surface area (Å²) in [5.41, 5.74) is 0.132. The molecule has 2 aliphatic carbocycles. The lowest BCUT2D eigenvalue weighted by Gasteiger charge is -2.62. The normalized spacial score (nSPS) is 27.3. The first kappa shape index (κ1) is 30.7. The van der Waals surface area contributed by atoms with E-state index in [9.17, 15) is 29.1 Å². The molecule has 1 aromatic rings. The average Bonchev–Trinajstić information content (AvgIpc) is 3.32. The van der Waals surface area contributed by atoms with Crippen molar-refractivity contribution in [2.24, 2.45) is 5.92 Å². The summed E-state index contributed by atoms with van der Waals surface area (Å²) in [6, 6.07) is 3.41. The Labute approximate surface area is 250 Å². The van der Waals surface area contributed by atoms with Crippen LogP contribution in [0, 0.1) is 5.92 Å². The molecule has 5 rings (SSSR count). The fourth-order valence-electron chi connectivity index (χ4n) is 7.10. The van der Waals surface area contributed by atoms with Crippen molar-refractivity contribution in [2.75, 3.05) is 26.7 Å². The van der Waals surface area contributed by atoms with Gasteiger partial charge in [0.15, 0.2) is 12.4 Å². The van der Waals surface area contributed by atoms with Crippen LogP contribution in [-0.4, -0.2) is 90.6 Å². The Morgan fingerprint density at radius 2 is 1.81 bits per heavy atom. The van der Waals surface area contributed by atoms with Gasteiger partial charge in [-0.3, -0.25) is 28.9 Å². The minimum Gasteiger partial charge on any atom is -0.480 e. The lowest BCUT2D eigenvalue weighted by atomic mass is 9.50. The second kappa shape index (κ2) is 11.7. The van der Waals surface area contributed by atoms with E-state index in [4.69, 9.17) is 14.2 Å². The Balaban J connectivity index is 1.48. The van der Waals surface area contributed by atoms with Gasteiger partial charge in [-0.1, -0.05) is 19.9 Å². The molecule has 0 aromatic heterocycles. The van der Waals surface area contributed by atoms with Crippen LogP contribution in [0.15, 0.2) is 24.0 Å². The number of aldehydes is 1. The predicted octanol–water partition coefficient (Wildman–Crippen LogP) is 0.920. The van der Waals surface area contributed by atoms with Crippen molar-refractivity contribution in [3.05, 3.63) is 40.7 Å². The van der Waals surface area contributed by atoms with E-state index < -0.39 is 41.1 Å². The highest BCUT2D eigenvalue weighted by Crippen LogP contribution is 2.65. The molecule has 43 heavy (non-hydrogen) atoms. The number of amides is 2. The van der Waals surface area contributed by atoms with Gasteiger partial charge in [-0.15, -0.1) is 0 Å². The topological polar surface area (TPSA) is 161 Å². The van der Waals surface area contributed by atoms with E-state index in [0.717, 1.165) is 17.4 Å². The molecular formula is C31H39N3O9. The number of piperidine rings is 1. The Kier molecular flexibility index (Phi) is 8.36.